The minimum Gasteiger partial charge on any atom is -0.304 e. The van der Waals surface area contributed by atoms with Crippen LogP contribution in [0.3, 0.4) is 0 Å². The van der Waals surface area contributed by atoms with E-state index in [0.29, 0.717) is 6.04 Å². The first-order valence-corrected chi connectivity index (χ1v) is 9.58. The van der Waals surface area contributed by atoms with Crippen LogP contribution >= 0.6 is 11.5 Å². The van der Waals surface area contributed by atoms with E-state index in [9.17, 15) is 0 Å². The van der Waals surface area contributed by atoms with E-state index in [1.807, 2.05) is 0 Å². The lowest BCUT2D eigenvalue weighted by molar-refractivity contribution is 0.128. The van der Waals surface area contributed by atoms with Gasteiger partial charge in [-0.3, -0.25) is 4.90 Å². The molecular weight excluding hydrogens is 314 g/mol. The predicted octanol–water partition coefficient (Wildman–Crippen LogP) is 4.09. The summed E-state index contributed by atoms with van der Waals surface area (Å²) in [5, 5.41) is 0. The third kappa shape index (κ3) is 3.88. The first-order chi connectivity index (χ1) is 11.3. The summed E-state index contributed by atoms with van der Waals surface area (Å²) in [6.45, 7) is 13.4. The zero-order valence-corrected chi connectivity index (χ0v) is 16.4. The summed E-state index contributed by atoms with van der Waals surface area (Å²) in [5.74, 6) is 0. The Morgan fingerprint density at radius 3 is 2.17 bits per heavy atom. The quantitative estimate of drug-likeness (QED) is 0.837. The van der Waals surface area contributed by atoms with Crippen LogP contribution in [0.25, 0.3) is 0 Å². The van der Waals surface area contributed by atoms with Crippen LogP contribution in [0.5, 0.6) is 0 Å². The zero-order valence-electron chi connectivity index (χ0n) is 15.5. The summed E-state index contributed by atoms with van der Waals surface area (Å²) in [5.41, 5.74) is 4.10. The smallest absolute Gasteiger partial charge is 0.0713 e. The van der Waals surface area contributed by atoms with Crippen molar-refractivity contribution in [1.29, 1.82) is 0 Å². The molecule has 1 aromatic heterocycles. The van der Waals surface area contributed by atoms with E-state index in [2.05, 4.69) is 79.2 Å². The Labute approximate surface area is 150 Å². The average molecular weight is 344 g/mol. The Bertz CT molecular complexity index is 661. The Kier molecular flexibility index (Phi) is 5.09. The number of likely N-dealkylation sites (N-methyl/N-ethyl adjacent to an activating group) is 1. The third-order valence-electron chi connectivity index (χ3n) is 4.91. The molecule has 0 N–H and O–H groups in total. The Morgan fingerprint density at radius 1 is 1.04 bits per heavy atom. The molecule has 1 aliphatic heterocycles. The summed E-state index contributed by atoms with van der Waals surface area (Å²) < 4.78 is 4.53. The van der Waals surface area contributed by atoms with Gasteiger partial charge in [0.05, 0.1) is 11.7 Å². The molecule has 1 aliphatic rings. The molecule has 1 fully saturated rings. The van der Waals surface area contributed by atoms with Gasteiger partial charge in [0, 0.05) is 31.1 Å². The van der Waals surface area contributed by atoms with Gasteiger partial charge in [-0.25, -0.2) is 0 Å². The van der Waals surface area contributed by atoms with Crippen molar-refractivity contribution in [3.8, 4) is 0 Å². The van der Waals surface area contributed by atoms with Gasteiger partial charge in [-0.05, 0) is 48.1 Å². The number of aromatic nitrogens is 1. The van der Waals surface area contributed by atoms with E-state index < -0.39 is 0 Å². The monoisotopic (exact) mass is 343 g/mol. The highest BCUT2D eigenvalue weighted by molar-refractivity contribution is 7.05. The van der Waals surface area contributed by atoms with Gasteiger partial charge in [0.1, 0.15) is 0 Å². The fraction of sp³-hybridized carbons (Fsp3) is 0.550. The van der Waals surface area contributed by atoms with Crippen LogP contribution in [0.15, 0.2) is 30.3 Å². The second kappa shape index (κ2) is 6.95. The molecule has 2 heterocycles. The Morgan fingerprint density at radius 2 is 1.67 bits per heavy atom. The molecule has 4 heteroatoms. The van der Waals surface area contributed by atoms with Gasteiger partial charge >= 0.3 is 0 Å². The number of hydrogen-bond acceptors (Lipinski definition) is 4. The SMILES string of the molecule is Cc1cc(C(c2ccc(C(C)(C)C)cc2)N2CCN(C)CC2)sn1. The highest BCUT2D eigenvalue weighted by atomic mass is 32.1. The number of benzene rings is 1. The van der Waals surface area contributed by atoms with Crippen LogP contribution in [-0.2, 0) is 5.41 Å². The second-order valence-electron chi connectivity index (χ2n) is 7.98. The Balaban J connectivity index is 1.92. The van der Waals surface area contributed by atoms with Crippen molar-refractivity contribution in [3.63, 3.8) is 0 Å². The average Bonchev–Trinajstić information content (AvgIpc) is 2.95. The summed E-state index contributed by atoms with van der Waals surface area (Å²) in [4.78, 5) is 6.38. The number of aryl methyl sites for hydroxylation is 1. The normalized spacial score (nSPS) is 18.7. The lowest BCUT2D eigenvalue weighted by atomic mass is 9.86. The van der Waals surface area contributed by atoms with Gasteiger partial charge in [-0.1, -0.05) is 45.0 Å². The van der Waals surface area contributed by atoms with Crippen LogP contribution in [0.2, 0.25) is 0 Å². The molecule has 3 rings (SSSR count). The number of piperazine rings is 1. The van der Waals surface area contributed by atoms with Crippen LogP contribution in [0, 0.1) is 6.92 Å². The van der Waals surface area contributed by atoms with Gasteiger partial charge < -0.3 is 4.90 Å². The van der Waals surface area contributed by atoms with Gasteiger partial charge in [-0.15, -0.1) is 0 Å². The number of hydrogen-bond donors (Lipinski definition) is 0. The predicted molar refractivity (Wildman–Crippen MR) is 103 cm³/mol. The van der Waals surface area contributed by atoms with E-state index >= 15 is 0 Å². The third-order valence-corrected chi connectivity index (χ3v) is 5.84. The first-order valence-electron chi connectivity index (χ1n) is 8.81. The molecule has 1 aromatic carbocycles. The maximum absolute atomic E-state index is 4.53. The maximum atomic E-state index is 4.53. The minimum absolute atomic E-state index is 0.197. The van der Waals surface area contributed by atoms with Crippen molar-refractivity contribution < 1.29 is 0 Å². The lowest BCUT2D eigenvalue weighted by Gasteiger charge is -2.37. The van der Waals surface area contributed by atoms with Crippen molar-refractivity contribution in [2.45, 2.75) is 39.2 Å². The molecule has 1 saturated heterocycles. The summed E-state index contributed by atoms with van der Waals surface area (Å²) >= 11 is 1.65. The van der Waals surface area contributed by atoms with Gasteiger partial charge in [0.2, 0.25) is 0 Å². The second-order valence-corrected chi connectivity index (χ2v) is 8.82. The van der Waals surface area contributed by atoms with Crippen LogP contribution in [0.1, 0.15) is 48.5 Å². The molecule has 0 aliphatic carbocycles. The highest BCUT2D eigenvalue weighted by Crippen LogP contribution is 2.33. The summed E-state index contributed by atoms with van der Waals surface area (Å²) in [6.07, 6.45) is 0. The fourth-order valence-electron chi connectivity index (χ4n) is 3.31. The fourth-order valence-corrected chi connectivity index (χ4v) is 4.22. The maximum Gasteiger partial charge on any atom is 0.0713 e. The standard InChI is InChI=1S/C20H29N3S/c1-15-14-18(24-21-15)19(23-12-10-22(5)11-13-23)16-6-8-17(9-7-16)20(2,3)4/h6-9,14,19H,10-13H2,1-5H3. The van der Waals surface area contributed by atoms with Crippen molar-refractivity contribution in [3.05, 3.63) is 52.0 Å². The summed E-state index contributed by atoms with van der Waals surface area (Å²) in [6, 6.07) is 11.8. The highest BCUT2D eigenvalue weighted by Gasteiger charge is 2.27. The van der Waals surface area contributed by atoms with E-state index in [1.54, 1.807) is 11.5 Å². The molecule has 130 valence electrons. The molecule has 2 aromatic rings. The van der Waals surface area contributed by atoms with E-state index in [0.717, 1.165) is 31.9 Å². The molecule has 0 bridgehead atoms. The lowest BCUT2D eigenvalue weighted by Crippen LogP contribution is -2.46. The largest absolute Gasteiger partial charge is 0.304 e. The van der Waals surface area contributed by atoms with Crippen LogP contribution in [-0.4, -0.2) is 47.4 Å². The van der Waals surface area contributed by atoms with E-state index in [1.165, 1.54) is 16.0 Å². The molecule has 0 amide bonds. The topological polar surface area (TPSA) is 19.4 Å². The van der Waals surface area contributed by atoms with Gasteiger partial charge in [0.25, 0.3) is 0 Å². The number of rotatable bonds is 3. The molecule has 0 radical (unpaired) electrons. The van der Waals surface area contributed by atoms with Crippen molar-refractivity contribution >= 4 is 11.5 Å². The molecular formula is C20H29N3S. The van der Waals surface area contributed by atoms with Crippen molar-refractivity contribution in [2.24, 2.45) is 0 Å². The molecule has 1 unspecified atom stereocenters. The zero-order chi connectivity index (χ0) is 17.3. The molecule has 3 nitrogen and oxygen atoms in total. The molecule has 24 heavy (non-hydrogen) atoms. The molecule has 1 atom stereocenters. The van der Waals surface area contributed by atoms with Crippen LogP contribution in [0.4, 0.5) is 0 Å². The van der Waals surface area contributed by atoms with E-state index in [-0.39, 0.29) is 5.41 Å². The Hall–Kier alpha value is -1.23. The van der Waals surface area contributed by atoms with Gasteiger partial charge in [0.15, 0.2) is 0 Å². The molecule has 0 saturated carbocycles. The van der Waals surface area contributed by atoms with E-state index in [4.69, 9.17) is 0 Å². The number of nitrogens with zero attached hydrogens (tertiary/aromatic N) is 3. The minimum atomic E-state index is 0.197. The van der Waals surface area contributed by atoms with Gasteiger partial charge in [-0.2, -0.15) is 4.37 Å². The molecule has 0 spiro atoms. The summed E-state index contributed by atoms with van der Waals surface area (Å²) in [7, 11) is 2.21. The van der Waals surface area contributed by atoms with Crippen molar-refractivity contribution in [1.82, 2.24) is 14.2 Å². The first kappa shape index (κ1) is 17.6. The van der Waals surface area contributed by atoms with Crippen molar-refractivity contribution in [2.75, 3.05) is 33.2 Å². The van der Waals surface area contributed by atoms with Crippen LogP contribution < -0.4 is 0 Å².